The Labute approximate surface area is 147 Å². The minimum absolute atomic E-state index is 0. The first-order chi connectivity index (χ1) is 10.1. The van der Waals surface area contributed by atoms with Gasteiger partial charge in [0, 0.05) is 12.1 Å². The van der Waals surface area contributed by atoms with Crippen LogP contribution in [0.4, 0.5) is 5.69 Å². The number of hydrogen-bond donors (Lipinski definition) is 2. The maximum atomic E-state index is 12.7. The van der Waals surface area contributed by atoms with Crippen molar-refractivity contribution in [3.8, 4) is 0 Å². The Balaban J connectivity index is 0.00000242. The van der Waals surface area contributed by atoms with E-state index < -0.39 is 0 Å². The van der Waals surface area contributed by atoms with Crippen LogP contribution >= 0.6 is 24.8 Å². The fourth-order valence-electron chi connectivity index (χ4n) is 2.11. The van der Waals surface area contributed by atoms with E-state index in [1.807, 2.05) is 13.0 Å². The molecular formula is C15H20Cl2N4O2. The molecule has 23 heavy (non-hydrogen) atoms. The Morgan fingerprint density at radius 1 is 1.22 bits per heavy atom. The molecule has 0 saturated carbocycles. The number of nitrogens with zero attached hydrogens (tertiary/aromatic N) is 2. The quantitative estimate of drug-likeness (QED) is 0.801. The summed E-state index contributed by atoms with van der Waals surface area (Å²) in [7, 11) is 0. The standard InChI is InChI=1S/C15H18N4O2.2ClH/c1-3-19-14(15(21)11-7-5-4-6-8-11)13(10(2)18-19)17-12(20)9-16;;/h4-8H,3,9,16H2,1-2H3,(H,17,20);2*1H. The van der Waals surface area contributed by atoms with E-state index in [0.29, 0.717) is 29.2 Å². The fourth-order valence-corrected chi connectivity index (χ4v) is 2.11. The zero-order chi connectivity index (χ0) is 15.4. The first-order valence-electron chi connectivity index (χ1n) is 6.75. The lowest BCUT2D eigenvalue weighted by Gasteiger charge is -2.08. The number of aromatic nitrogens is 2. The van der Waals surface area contributed by atoms with Gasteiger partial charge in [0.2, 0.25) is 11.7 Å². The Morgan fingerprint density at radius 3 is 2.35 bits per heavy atom. The van der Waals surface area contributed by atoms with Crippen LogP contribution in [-0.2, 0) is 11.3 Å². The smallest absolute Gasteiger partial charge is 0.238 e. The number of rotatable bonds is 5. The van der Waals surface area contributed by atoms with E-state index in [1.54, 1.807) is 35.9 Å². The summed E-state index contributed by atoms with van der Waals surface area (Å²) in [6.07, 6.45) is 0. The number of anilines is 1. The highest BCUT2D eigenvalue weighted by Crippen LogP contribution is 2.23. The average molecular weight is 359 g/mol. The predicted molar refractivity (Wildman–Crippen MR) is 94.7 cm³/mol. The highest BCUT2D eigenvalue weighted by Gasteiger charge is 2.23. The molecule has 0 radical (unpaired) electrons. The molecule has 0 aliphatic rings. The molecule has 1 aromatic carbocycles. The second-order valence-corrected chi connectivity index (χ2v) is 4.57. The Bertz CT molecular complexity index is 672. The van der Waals surface area contributed by atoms with Gasteiger partial charge < -0.3 is 11.1 Å². The van der Waals surface area contributed by atoms with Crippen molar-refractivity contribution >= 4 is 42.2 Å². The molecule has 0 aliphatic carbocycles. The van der Waals surface area contributed by atoms with Gasteiger partial charge in [0.05, 0.1) is 17.9 Å². The summed E-state index contributed by atoms with van der Waals surface area (Å²) >= 11 is 0. The maximum Gasteiger partial charge on any atom is 0.238 e. The number of hydrogen-bond acceptors (Lipinski definition) is 4. The van der Waals surface area contributed by atoms with E-state index in [1.165, 1.54) is 0 Å². The number of ketones is 1. The van der Waals surface area contributed by atoms with E-state index in [9.17, 15) is 9.59 Å². The summed E-state index contributed by atoms with van der Waals surface area (Å²) in [6, 6.07) is 8.91. The molecule has 3 N–H and O–H groups in total. The highest BCUT2D eigenvalue weighted by molar-refractivity contribution is 6.13. The molecule has 1 amide bonds. The molecule has 2 rings (SSSR count). The van der Waals surface area contributed by atoms with Gasteiger partial charge in [-0.05, 0) is 13.8 Å². The van der Waals surface area contributed by atoms with Crippen LogP contribution in [0.3, 0.4) is 0 Å². The number of halogens is 2. The zero-order valence-corrected chi connectivity index (χ0v) is 14.5. The van der Waals surface area contributed by atoms with Crippen LogP contribution in [0.15, 0.2) is 30.3 Å². The van der Waals surface area contributed by atoms with Gasteiger partial charge in [-0.15, -0.1) is 24.8 Å². The van der Waals surface area contributed by atoms with Crippen molar-refractivity contribution < 1.29 is 9.59 Å². The highest BCUT2D eigenvalue weighted by atomic mass is 35.5. The molecule has 0 unspecified atom stereocenters. The third-order valence-electron chi connectivity index (χ3n) is 3.13. The topological polar surface area (TPSA) is 90.0 Å². The molecule has 0 spiro atoms. The number of carbonyl (C=O) groups is 2. The Hall–Kier alpha value is -1.89. The first-order valence-corrected chi connectivity index (χ1v) is 6.75. The number of nitrogens with one attached hydrogen (secondary N) is 1. The summed E-state index contributed by atoms with van der Waals surface area (Å²) < 4.78 is 1.59. The Kier molecular flexibility index (Phi) is 8.53. The molecule has 126 valence electrons. The SMILES string of the molecule is CCn1nc(C)c(NC(=O)CN)c1C(=O)c1ccccc1.Cl.Cl. The number of benzene rings is 1. The summed E-state index contributed by atoms with van der Waals surface area (Å²) in [5, 5.41) is 6.97. The molecule has 1 aromatic heterocycles. The summed E-state index contributed by atoms with van der Waals surface area (Å²) in [5.74, 6) is -0.527. The van der Waals surface area contributed by atoms with Crippen molar-refractivity contribution in [3.05, 3.63) is 47.3 Å². The summed E-state index contributed by atoms with van der Waals surface area (Å²) in [5.41, 5.74) is 7.28. The monoisotopic (exact) mass is 358 g/mol. The van der Waals surface area contributed by atoms with Crippen LogP contribution in [-0.4, -0.2) is 28.0 Å². The van der Waals surface area contributed by atoms with Gasteiger partial charge in [-0.3, -0.25) is 14.3 Å². The van der Waals surface area contributed by atoms with Crippen molar-refractivity contribution in [3.63, 3.8) is 0 Å². The first kappa shape index (κ1) is 21.1. The largest absolute Gasteiger partial charge is 0.322 e. The molecule has 0 saturated heterocycles. The van der Waals surface area contributed by atoms with E-state index in [2.05, 4.69) is 10.4 Å². The molecule has 0 atom stereocenters. The average Bonchev–Trinajstić information content (AvgIpc) is 2.83. The van der Waals surface area contributed by atoms with Gasteiger partial charge in [0.15, 0.2) is 0 Å². The van der Waals surface area contributed by atoms with Crippen LogP contribution in [0.2, 0.25) is 0 Å². The van der Waals surface area contributed by atoms with Crippen molar-refractivity contribution in [2.45, 2.75) is 20.4 Å². The van der Waals surface area contributed by atoms with Gasteiger partial charge in [0.25, 0.3) is 0 Å². The lowest BCUT2D eigenvalue weighted by molar-refractivity contribution is -0.114. The van der Waals surface area contributed by atoms with Gasteiger partial charge >= 0.3 is 0 Å². The van der Waals surface area contributed by atoms with Crippen LogP contribution < -0.4 is 11.1 Å². The number of amides is 1. The van der Waals surface area contributed by atoms with Crippen molar-refractivity contribution in [1.29, 1.82) is 0 Å². The Morgan fingerprint density at radius 2 is 1.83 bits per heavy atom. The van der Waals surface area contributed by atoms with Crippen molar-refractivity contribution in [1.82, 2.24) is 9.78 Å². The third-order valence-corrected chi connectivity index (χ3v) is 3.13. The normalized spacial score (nSPS) is 9.52. The molecular weight excluding hydrogens is 339 g/mol. The minimum Gasteiger partial charge on any atom is -0.322 e. The van der Waals surface area contributed by atoms with E-state index in [-0.39, 0.29) is 43.0 Å². The maximum absolute atomic E-state index is 12.7. The second kappa shape index (κ2) is 9.29. The molecule has 0 bridgehead atoms. The van der Waals surface area contributed by atoms with Gasteiger partial charge in [-0.25, -0.2) is 0 Å². The number of nitrogens with two attached hydrogens (primary N) is 1. The van der Waals surface area contributed by atoms with Crippen molar-refractivity contribution in [2.75, 3.05) is 11.9 Å². The number of carbonyl (C=O) groups excluding carboxylic acids is 2. The summed E-state index contributed by atoms with van der Waals surface area (Å²) in [6.45, 7) is 4.03. The predicted octanol–water partition coefficient (Wildman–Crippen LogP) is 2.18. The molecule has 8 heteroatoms. The van der Waals surface area contributed by atoms with Gasteiger partial charge in [-0.2, -0.15) is 5.10 Å². The molecule has 0 fully saturated rings. The second-order valence-electron chi connectivity index (χ2n) is 4.57. The van der Waals surface area contributed by atoms with Crippen LogP contribution in [0.25, 0.3) is 0 Å². The molecule has 1 heterocycles. The van der Waals surface area contributed by atoms with Gasteiger partial charge in [-0.1, -0.05) is 30.3 Å². The zero-order valence-electron chi connectivity index (χ0n) is 12.9. The molecule has 0 aliphatic heterocycles. The third kappa shape index (κ3) is 4.54. The lowest BCUT2D eigenvalue weighted by Crippen LogP contribution is -2.23. The molecule has 6 nitrogen and oxygen atoms in total. The van der Waals surface area contributed by atoms with E-state index in [4.69, 9.17) is 5.73 Å². The number of aryl methyl sites for hydroxylation is 2. The van der Waals surface area contributed by atoms with Gasteiger partial charge in [0.1, 0.15) is 5.69 Å². The van der Waals surface area contributed by atoms with Crippen LogP contribution in [0, 0.1) is 6.92 Å². The van der Waals surface area contributed by atoms with E-state index in [0.717, 1.165) is 0 Å². The van der Waals surface area contributed by atoms with Crippen molar-refractivity contribution in [2.24, 2.45) is 5.73 Å². The van der Waals surface area contributed by atoms with Crippen LogP contribution in [0.1, 0.15) is 28.7 Å². The van der Waals surface area contributed by atoms with Crippen LogP contribution in [0.5, 0.6) is 0 Å². The molecule has 2 aromatic rings. The summed E-state index contributed by atoms with van der Waals surface area (Å²) in [4.78, 5) is 24.2. The minimum atomic E-state index is -0.351. The van der Waals surface area contributed by atoms with E-state index >= 15 is 0 Å². The lowest BCUT2D eigenvalue weighted by atomic mass is 10.1. The fraction of sp³-hybridized carbons (Fsp3) is 0.267.